The van der Waals surface area contributed by atoms with Crippen molar-refractivity contribution in [2.24, 2.45) is 0 Å². The largest absolute Gasteiger partial charge is 0.293 e. The number of Topliss-reactive ketones (excluding diaryl/α,β-unsaturated/α-hetero) is 1. The first-order valence-corrected chi connectivity index (χ1v) is 7.43. The van der Waals surface area contributed by atoms with Crippen LogP contribution in [0, 0.1) is 24.0 Å². The van der Waals surface area contributed by atoms with Gasteiger partial charge in [0.1, 0.15) is 0 Å². The summed E-state index contributed by atoms with van der Waals surface area (Å²) in [6.07, 6.45) is 0. The van der Waals surface area contributed by atoms with Gasteiger partial charge in [0.15, 0.2) is 5.78 Å². The van der Waals surface area contributed by atoms with Crippen molar-refractivity contribution in [3.8, 4) is 0 Å². The number of non-ortho nitro benzene ring substituents is 1. The fraction of sp³-hybridized carbons (Fsp3) is 0.188. The summed E-state index contributed by atoms with van der Waals surface area (Å²) in [4.78, 5) is 23.3. The van der Waals surface area contributed by atoms with Crippen LogP contribution in [0.3, 0.4) is 0 Å². The van der Waals surface area contributed by atoms with E-state index in [2.05, 4.69) is 0 Å². The summed E-state index contributed by atoms with van der Waals surface area (Å²) in [7, 11) is 0. The molecule has 0 saturated carbocycles. The third kappa shape index (κ3) is 3.92. The van der Waals surface area contributed by atoms with E-state index in [1.807, 2.05) is 32.0 Å². The van der Waals surface area contributed by atoms with E-state index in [9.17, 15) is 14.9 Å². The minimum atomic E-state index is -0.493. The van der Waals surface area contributed by atoms with Crippen LogP contribution in [0.25, 0.3) is 0 Å². The second kappa shape index (κ2) is 6.54. The Bertz CT molecular complexity index is 698. The Morgan fingerprint density at radius 3 is 2.57 bits per heavy atom. The molecule has 0 radical (unpaired) electrons. The van der Waals surface area contributed by atoms with E-state index in [-0.39, 0.29) is 17.2 Å². The van der Waals surface area contributed by atoms with Crippen LogP contribution in [0.4, 0.5) is 5.69 Å². The number of carbonyl (C=O) groups excluding carboxylic acids is 1. The summed E-state index contributed by atoms with van der Waals surface area (Å²) in [5.41, 5.74) is 2.71. The number of ketones is 1. The maximum Gasteiger partial charge on any atom is 0.270 e. The van der Waals surface area contributed by atoms with Crippen molar-refractivity contribution in [3.63, 3.8) is 0 Å². The van der Waals surface area contributed by atoms with Gasteiger partial charge >= 0.3 is 0 Å². The van der Waals surface area contributed by atoms with Crippen molar-refractivity contribution in [1.82, 2.24) is 0 Å². The van der Waals surface area contributed by atoms with E-state index in [1.54, 1.807) is 6.07 Å². The molecule has 0 unspecified atom stereocenters. The second-order valence-electron chi connectivity index (χ2n) is 4.77. The monoisotopic (exact) mass is 301 g/mol. The summed E-state index contributed by atoms with van der Waals surface area (Å²) >= 11 is 1.44. The molecule has 0 spiro atoms. The highest BCUT2D eigenvalue weighted by Crippen LogP contribution is 2.23. The van der Waals surface area contributed by atoms with E-state index in [4.69, 9.17) is 0 Å². The molecule has 4 nitrogen and oxygen atoms in total. The molecular weight excluding hydrogens is 286 g/mol. The van der Waals surface area contributed by atoms with Gasteiger partial charge in [-0.15, -0.1) is 11.8 Å². The molecule has 0 saturated heterocycles. The molecule has 0 aromatic heterocycles. The van der Waals surface area contributed by atoms with Crippen molar-refractivity contribution in [2.75, 3.05) is 5.75 Å². The number of nitrogens with zero attached hydrogens (tertiary/aromatic N) is 1. The van der Waals surface area contributed by atoms with Crippen molar-refractivity contribution < 1.29 is 9.72 Å². The smallest absolute Gasteiger partial charge is 0.270 e. The molecule has 0 fully saturated rings. The molecule has 2 aromatic rings. The molecular formula is C16H15NO3S. The maximum atomic E-state index is 12.1. The average molecular weight is 301 g/mol. The summed E-state index contributed by atoms with van der Waals surface area (Å²) < 4.78 is 0. The predicted molar refractivity (Wildman–Crippen MR) is 84.1 cm³/mol. The molecule has 0 aliphatic rings. The first-order valence-electron chi connectivity index (χ1n) is 6.45. The zero-order valence-electron chi connectivity index (χ0n) is 11.8. The zero-order valence-corrected chi connectivity index (χ0v) is 12.6. The van der Waals surface area contributed by atoms with Gasteiger partial charge in [0.2, 0.25) is 0 Å². The summed E-state index contributed by atoms with van der Waals surface area (Å²) in [5.74, 6) is 0.158. The van der Waals surface area contributed by atoms with Crippen LogP contribution in [0.15, 0.2) is 47.4 Å². The van der Waals surface area contributed by atoms with Crippen LogP contribution in [0.1, 0.15) is 21.5 Å². The lowest BCUT2D eigenvalue weighted by Crippen LogP contribution is -2.03. The molecule has 0 N–H and O–H groups in total. The van der Waals surface area contributed by atoms with Crippen molar-refractivity contribution in [1.29, 1.82) is 0 Å². The summed E-state index contributed by atoms with van der Waals surface area (Å²) in [5, 5.41) is 10.7. The number of aryl methyl sites for hydroxylation is 2. The van der Waals surface area contributed by atoms with Gasteiger partial charge in [-0.25, -0.2) is 0 Å². The molecule has 2 aromatic carbocycles. The quantitative estimate of drug-likeness (QED) is 0.359. The average Bonchev–Trinajstić information content (AvgIpc) is 2.48. The Morgan fingerprint density at radius 1 is 1.14 bits per heavy atom. The van der Waals surface area contributed by atoms with Crippen LogP contribution < -0.4 is 0 Å². The Kier molecular flexibility index (Phi) is 4.75. The van der Waals surface area contributed by atoms with Gasteiger partial charge in [0, 0.05) is 22.6 Å². The van der Waals surface area contributed by atoms with Crippen LogP contribution in [-0.4, -0.2) is 16.5 Å². The van der Waals surface area contributed by atoms with Crippen LogP contribution in [0.5, 0.6) is 0 Å². The van der Waals surface area contributed by atoms with Gasteiger partial charge in [-0.1, -0.05) is 18.2 Å². The number of rotatable bonds is 5. The number of nitro groups is 1. The van der Waals surface area contributed by atoms with Gasteiger partial charge in [0.05, 0.1) is 10.7 Å². The Hall–Kier alpha value is -2.14. The van der Waals surface area contributed by atoms with Crippen molar-refractivity contribution >= 4 is 23.2 Å². The van der Waals surface area contributed by atoms with E-state index in [1.165, 1.54) is 41.1 Å². The zero-order chi connectivity index (χ0) is 15.4. The van der Waals surface area contributed by atoms with Crippen LogP contribution >= 0.6 is 11.8 Å². The van der Waals surface area contributed by atoms with Gasteiger partial charge in [-0.3, -0.25) is 14.9 Å². The van der Waals surface area contributed by atoms with E-state index in [0.717, 1.165) is 4.90 Å². The van der Waals surface area contributed by atoms with Crippen molar-refractivity contribution in [2.45, 2.75) is 18.7 Å². The molecule has 0 aliphatic heterocycles. The second-order valence-corrected chi connectivity index (χ2v) is 5.81. The standard InChI is InChI=1S/C16H15NO3S/c1-11-6-7-15(8-12(11)2)21-10-16(18)13-4-3-5-14(9-13)17(19)20/h3-9H,10H2,1-2H3. The Morgan fingerprint density at radius 2 is 1.90 bits per heavy atom. The molecule has 0 heterocycles. The highest BCUT2D eigenvalue weighted by Gasteiger charge is 2.12. The predicted octanol–water partition coefficient (Wildman–Crippen LogP) is 4.19. The molecule has 0 amide bonds. The minimum Gasteiger partial charge on any atom is -0.293 e. The molecule has 21 heavy (non-hydrogen) atoms. The molecule has 5 heteroatoms. The topological polar surface area (TPSA) is 60.2 Å². The lowest BCUT2D eigenvalue weighted by atomic mass is 10.1. The Balaban J connectivity index is 2.06. The molecule has 2 rings (SSSR count). The SMILES string of the molecule is Cc1ccc(SCC(=O)c2cccc([N+](=O)[O-])c2)cc1C. The lowest BCUT2D eigenvalue weighted by molar-refractivity contribution is -0.384. The van der Waals surface area contributed by atoms with E-state index in [0.29, 0.717) is 5.56 Å². The first kappa shape index (κ1) is 15.3. The molecule has 0 bridgehead atoms. The summed E-state index contributed by atoms with van der Waals surface area (Å²) in [6, 6.07) is 11.9. The number of hydrogen-bond acceptors (Lipinski definition) is 4. The minimum absolute atomic E-state index is 0.0583. The fourth-order valence-corrected chi connectivity index (χ4v) is 2.72. The van der Waals surface area contributed by atoms with Gasteiger partial charge in [-0.05, 0) is 37.1 Å². The van der Waals surface area contributed by atoms with Crippen LogP contribution in [0.2, 0.25) is 0 Å². The number of hydrogen-bond donors (Lipinski definition) is 0. The molecule has 0 atom stereocenters. The lowest BCUT2D eigenvalue weighted by Gasteiger charge is -2.05. The number of nitro benzene ring substituents is 1. The number of thioether (sulfide) groups is 1. The molecule has 108 valence electrons. The number of benzene rings is 2. The number of carbonyl (C=O) groups is 1. The third-order valence-corrected chi connectivity index (χ3v) is 4.22. The highest BCUT2D eigenvalue weighted by molar-refractivity contribution is 8.00. The first-order chi connectivity index (χ1) is 9.97. The fourth-order valence-electron chi connectivity index (χ4n) is 1.83. The van der Waals surface area contributed by atoms with Gasteiger partial charge < -0.3 is 0 Å². The highest BCUT2D eigenvalue weighted by atomic mass is 32.2. The normalized spacial score (nSPS) is 10.4. The van der Waals surface area contributed by atoms with Crippen molar-refractivity contribution in [3.05, 3.63) is 69.3 Å². The van der Waals surface area contributed by atoms with E-state index >= 15 is 0 Å². The van der Waals surface area contributed by atoms with Crippen LogP contribution in [-0.2, 0) is 0 Å². The van der Waals surface area contributed by atoms with Gasteiger partial charge in [0.25, 0.3) is 5.69 Å². The molecule has 0 aliphatic carbocycles. The van der Waals surface area contributed by atoms with E-state index < -0.39 is 4.92 Å². The maximum absolute atomic E-state index is 12.1. The third-order valence-electron chi connectivity index (χ3n) is 3.23. The Labute approximate surface area is 127 Å². The van der Waals surface area contributed by atoms with Gasteiger partial charge in [-0.2, -0.15) is 0 Å². The summed E-state index contributed by atoms with van der Waals surface area (Å²) in [6.45, 7) is 4.07.